The van der Waals surface area contributed by atoms with Gasteiger partial charge in [0, 0.05) is 35.5 Å². The summed E-state index contributed by atoms with van der Waals surface area (Å²) in [5.74, 6) is -0.772. The van der Waals surface area contributed by atoms with Crippen molar-refractivity contribution in [2.45, 2.75) is 13.1 Å². The summed E-state index contributed by atoms with van der Waals surface area (Å²) >= 11 is 0. The van der Waals surface area contributed by atoms with Crippen LogP contribution < -0.4 is 10.7 Å². The maximum absolute atomic E-state index is 13.1. The van der Waals surface area contributed by atoms with Gasteiger partial charge in [0.15, 0.2) is 5.69 Å². The van der Waals surface area contributed by atoms with Crippen LogP contribution in [0.2, 0.25) is 0 Å². The molecular formula is C22H16F3N5O2. The number of anilines is 1. The van der Waals surface area contributed by atoms with Crippen molar-refractivity contribution in [2.75, 3.05) is 5.32 Å². The van der Waals surface area contributed by atoms with Gasteiger partial charge >= 0.3 is 6.18 Å². The van der Waals surface area contributed by atoms with Gasteiger partial charge in [-0.05, 0) is 49.4 Å². The molecule has 162 valence electrons. The van der Waals surface area contributed by atoms with Gasteiger partial charge in [-0.25, -0.2) is 9.67 Å². The quantitative estimate of drug-likeness (QED) is 0.521. The normalized spacial score (nSPS) is 11.4. The van der Waals surface area contributed by atoms with E-state index < -0.39 is 28.8 Å². The molecule has 0 aliphatic rings. The maximum atomic E-state index is 13.1. The molecule has 0 fully saturated rings. The van der Waals surface area contributed by atoms with Crippen molar-refractivity contribution in [3.05, 3.63) is 100 Å². The number of nitrogens with one attached hydrogen (secondary N) is 1. The molecular weight excluding hydrogens is 423 g/mol. The molecule has 1 N–H and O–H groups in total. The van der Waals surface area contributed by atoms with Gasteiger partial charge in [0.25, 0.3) is 5.91 Å². The molecule has 2 heterocycles. The van der Waals surface area contributed by atoms with Crippen LogP contribution in [0.15, 0.2) is 78.1 Å². The summed E-state index contributed by atoms with van der Waals surface area (Å²) in [5.41, 5.74) is -0.331. The average molecular weight is 439 g/mol. The molecule has 10 heteroatoms. The Balaban J connectivity index is 1.63. The number of aromatic nitrogens is 4. The third-order valence-electron chi connectivity index (χ3n) is 4.67. The lowest BCUT2D eigenvalue weighted by Crippen LogP contribution is -2.27. The number of hydrogen-bond acceptors (Lipinski definition) is 4. The van der Waals surface area contributed by atoms with Crippen molar-refractivity contribution in [1.82, 2.24) is 19.3 Å². The number of carbonyl (C=O) groups is 1. The van der Waals surface area contributed by atoms with Crippen LogP contribution in [-0.2, 0) is 6.18 Å². The summed E-state index contributed by atoms with van der Waals surface area (Å²) < 4.78 is 42.1. The first-order chi connectivity index (χ1) is 15.2. The zero-order valence-electron chi connectivity index (χ0n) is 16.7. The highest BCUT2D eigenvalue weighted by Crippen LogP contribution is 2.30. The molecule has 1 amide bonds. The van der Waals surface area contributed by atoms with Gasteiger partial charge < -0.3 is 9.88 Å². The standard InChI is InChI=1S/C22H16F3N5O2/c1-14-11-19(31)20(28-30(14)18-4-2-3-15(12-18)22(23,24)25)21(32)27-16-5-7-17(8-6-16)29-10-9-26-13-29/h2-13H,1H3,(H,27,32). The molecule has 0 saturated heterocycles. The molecule has 0 aliphatic carbocycles. The zero-order chi connectivity index (χ0) is 22.9. The van der Waals surface area contributed by atoms with Gasteiger partial charge in [-0.1, -0.05) is 6.07 Å². The van der Waals surface area contributed by atoms with Crippen molar-refractivity contribution in [3.63, 3.8) is 0 Å². The van der Waals surface area contributed by atoms with Crippen molar-refractivity contribution in [3.8, 4) is 11.4 Å². The highest BCUT2D eigenvalue weighted by Gasteiger charge is 2.30. The summed E-state index contributed by atoms with van der Waals surface area (Å²) in [5, 5.41) is 6.62. The largest absolute Gasteiger partial charge is 0.416 e. The van der Waals surface area contributed by atoms with Crippen molar-refractivity contribution >= 4 is 11.6 Å². The molecule has 0 unspecified atom stereocenters. The first-order valence-electron chi connectivity index (χ1n) is 9.41. The lowest BCUT2D eigenvalue weighted by Gasteiger charge is -2.13. The lowest BCUT2D eigenvalue weighted by molar-refractivity contribution is -0.137. The van der Waals surface area contributed by atoms with Gasteiger partial charge in [-0.2, -0.15) is 18.3 Å². The summed E-state index contributed by atoms with van der Waals surface area (Å²) in [4.78, 5) is 29.0. The smallest absolute Gasteiger partial charge is 0.320 e. The second-order valence-electron chi connectivity index (χ2n) is 6.93. The van der Waals surface area contributed by atoms with Crippen LogP contribution in [0, 0.1) is 6.92 Å². The second kappa shape index (κ2) is 8.14. The highest BCUT2D eigenvalue weighted by molar-refractivity contribution is 6.02. The fraction of sp³-hybridized carbons (Fsp3) is 0.0909. The van der Waals surface area contributed by atoms with Gasteiger partial charge in [0.2, 0.25) is 5.43 Å². The summed E-state index contributed by atoms with van der Waals surface area (Å²) in [7, 11) is 0. The third kappa shape index (κ3) is 4.29. The van der Waals surface area contributed by atoms with Crippen molar-refractivity contribution in [1.29, 1.82) is 0 Å². The van der Waals surface area contributed by atoms with E-state index in [0.717, 1.165) is 28.6 Å². The number of aryl methyl sites for hydroxylation is 1. The molecule has 4 aromatic rings. The molecule has 0 bridgehead atoms. The molecule has 0 aliphatic heterocycles. The van der Waals surface area contributed by atoms with Gasteiger partial charge in [-0.3, -0.25) is 9.59 Å². The molecule has 0 radical (unpaired) electrons. The Morgan fingerprint density at radius 3 is 2.44 bits per heavy atom. The van der Waals surface area contributed by atoms with Crippen LogP contribution in [0.5, 0.6) is 0 Å². The molecule has 0 spiro atoms. The minimum absolute atomic E-state index is 0.0797. The Bertz CT molecular complexity index is 1330. The van der Waals surface area contributed by atoms with E-state index in [1.807, 2.05) is 0 Å². The number of alkyl halides is 3. The zero-order valence-corrected chi connectivity index (χ0v) is 16.7. The molecule has 0 atom stereocenters. The Morgan fingerprint density at radius 1 is 1.03 bits per heavy atom. The summed E-state index contributed by atoms with van der Waals surface area (Å²) in [6.45, 7) is 1.52. The van der Waals surface area contributed by atoms with E-state index in [1.165, 1.54) is 19.1 Å². The molecule has 32 heavy (non-hydrogen) atoms. The van der Waals surface area contributed by atoms with E-state index in [2.05, 4.69) is 15.4 Å². The third-order valence-corrected chi connectivity index (χ3v) is 4.67. The van der Waals surface area contributed by atoms with Crippen LogP contribution in [-0.4, -0.2) is 25.2 Å². The topological polar surface area (TPSA) is 81.8 Å². The van der Waals surface area contributed by atoms with E-state index in [0.29, 0.717) is 5.69 Å². The van der Waals surface area contributed by atoms with Gasteiger partial charge in [0.1, 0.15) is 0 Å². The molecule has 0 saturated carbocycles. The highest BCUT2D eigenvalue weighted by atomic mass is 19.4. The van der Waals surface area contributed by atoms with Crippen LogP contribution in [0.25, 0.3) is 11.4 Å². The Morgan fingerprint density at radius 2 is 1.78 bits per heavy atom. The van der Waals surface area contributed by atoms with E-state index in [1.54, 1.807) is 47.6 Å². The SMILES string of the molecule is Cc1cc(=O)c(C(=O)Nc2ccc(-n3ccnc3)cc2)nn1-c1cccc(C(F)(F)F)c1. The first-order valence-corrected chi connectivity index (χ1v) is 9.41. The number of nitrogens with zero attached hydrogens (tertiary/aromatic N) is 4. The minimum atomic E-state index is -4.54. The maximum Gasteiger partial charge on any atom is 0.416 e. The number of imidazole rings is 1. The number of rotatable bonds is 4. The van der Waals surface area contributed by atoms with Crippen LogP contribution in [0.4, 0.5) is 18.9 Å². The predicted octanol–water partition coefficient (Wildman–Crippen LogP) is 4.00. The lowest BCUT2D eigenvalue weighted by atomic mass is 10.2. The Hall–Kier alpha value is -4.21. The van der Waals surface area contributed by atoms with Crippen molar-refractivity contribution < 1.29 is 18.0 Å². The average Bonchev–Trinajstić information content (AvgIpc) is 3.29. The number of carbonyl (C=O) groups excluding carboxylic acids is 1. The fourth-order valence-corrected chi connectivity index (χ4v) is 3.10. The Kier molecular flexibility index (Phi) is 5.35. The Labute approximate surface area is 179 Å². The number of benzene rings is 2. The molecule has 2 aromatic carbocycles. The van der Waals surface area contributed by atoms with Crippen LogP contribution in [0.3, 0.4) is 0 Å². The number of hydrogen-bond donors (Lipinski definition) is 1. The first kappa shape index (κ1) is 21.0. The second-order valence-corrected chi connectivity index (χ2v) is 6.93. The van der Waals surface area contributed by atoms with E-state index in [-0.39, 0.29) is 11.4 Å². The number of halogens is 3. The predicted molar refractivity (Wildman–Crippen MR) is 111 cm³/mol. The number of amides is 1. The van der Waals surface area contributed by atoms with Gasteiger partial charge in [-0.15, -0.1) is 0 Å². The molecule has 2 aromatic heterocycles. The van der Waals surface area contributed by atoms with E-state index in [4.69, 9.17) is 0 Å². The summed E-state index contributed by atoms with van der Waals surface area (Å²) in [6.07, 6.45) is 0.486. The van der Waals surface area contributed by atoms with Gasteiger partial charge in [0.05, 0.1) is 17.6 Å². The minimum Gasteiger partial charge on any atom is -0.320 e. The monoisotopic (exact) mass is 439 g/mol. The van der Waals surface area contributed by atoms with E-state index in [9.17, 15) is 22.8 Å². The van der Waals surface area contributed by atoms with Crippen molar-refractivity contribution in [2.24, 2.45) is 0 Å². The fourth-order valence-electron chi connectivity index (χ4n) is 3.10. The summed E-state index contributed by atoms with van der Waals surface area (Å²) in [6, 6.07) is 12.4. The molecule has 7 nitrogen and oxygen atoms in total. The van der Waals surface area contributed by atoms with Crippen LogP contribution in [0.1, 0.15) is 21.7 Å². The van der Waals surface area contributed by atoms with Crippen LogP contribution >= 0.6 is 0 Å². The van der Waals surface area contributed by atoms with E-state index >= 15 is 0 Å². The molecule has 4 rings (SSSR count).